The lowest BCUT2D eigenvalue weighted by Gasteiger charge is -2.13. The molecule has 0 radical (unpaired) electrons. The molecule has 2 aromatic rings. The molecule has 22 heavy (non-hydrogen) atoms. The Morgan fingerprint density at radius 3 is 2.73 bits per heavy atom. The number of aromatic nitrogens is 2. The summed E-state index contributed by atoms with van der Waals surface area (Å²) in [5.41, 5.74) is 1.71. The molecule has 0 fully saturated rings. The molecule has 0 spiro atoms. The molecule has 0 atom stereocenters. The summed E-state index contributed by atoms with van der Waals surface area (Å²) in [4.78, 5) is 24.6. The van der Waals surface area contributed by atoms with Gasteiger partial charge >= 0.3 is 0 Å². The van der Waals surface area contributed by atoms with Gasteiger partial charge in [-0.2, -0.15) is 5.10 Å². The van der Waals surface area contributed by atoms with Crippen LogP contribution in [0, 0.1) is 11.8 Å². The van der Waals surface area contributed by atoms with Crippen molar-refractivity contribution >= 4 is 11.6 Å². The number of nitrogens with zero attached hydrogens (tertiary/aromatic N) is 2. The van der Waals surface area contributed by atoms with Crippen molar-refractivity contribution in [3.63, 3.8) is 0 Å². The van der Waals surface area contributed by atoms with Gasteiger partial charge in [-0.15, -0.1) is 0 Å². The Morgan fingerprint density at radius 1 is 1.27 bits per heavy atom. The highest BCUT2D eigenvalue weighted by Gasteiger charge is 2.05. The Labute approximate surface area is 128 Å². The number of H-pyrrole nitrogens is 1. The number of anilines is 1. The monoisotopic (exact) mass is 296 g/mol. The van der Waals surface area contributed by atoms with Gasteiger partial charge in [-0.1, -0.05) is 24.0 Å². The highest BCUT2D eigenvalue weighted by atomic mass is 16.2. The quantitative estimate of drug-likeness (QED) is 0.814. The molecule has 0 aliphatic heterocycles. The highest BCUT2D eigenvalue weighted by Crippen LogP contribution is 2.16. The first-order valence-corrected chi connectivity index (χ1v) is 6.67. The number of carbonyl (C=O) groups is 1. The number of aromatic amines is 1. The van der Waals surface area contributed by atoms with Crippen LogP contribution in [0.25, 0.3) is 0 Å². The molecule has 1 aromatic heterocycles. The molecule has 112 valence electrons. The number of rotatable bonds is 3. The van der Waals surface area contributed by atoms with Crippen molar-refractivity contribution in [3.8, 4) is 11.8 Å². The highest BCUT2D eigenvalue weighted by molar-refractivity contribution is 5.92. The zero-order chi connectivity index (χ0) is 15.9. The minimum atomic E-state index is -0.383. The fourth-order valence-corrected chi connectivity index (χ4v) is 1.79. The predicted molar refractivity (Wildman–Crippen MR) is 84.8 cm³/mol. The fourth-order valence-electron chi connectivity index (χ4n) is 1.79. The summed E-state index contributed by atoms with van der Waals surface area (Å²) >= 11 is 0. The third kappa shape index (κ3) is 3.96. The number of nitrogens with one attached hydrogen (secondary N) is 2. The normalized spacial score (nSPS) is 9.55. The Bertz CT molecular complexity index is 764. The topological polar surface area (TPSA) is 78.1 Å². The minimum Gasteiger partial charge on any atom is -0.377 e. The van der Waals surface area contributed by atoms with Crippen molar-refractivity contribution in [3.05, 3.63) is 58.0 Å². The molecule has 6 heteroatoms. The van der Waals surface area contributed by atoms with Gasteiger partial charge in [0.25, 0.3) is 11.5 Å². The molecule has 0 saturated heterocycles. The zero-order valence-corrected chi connectivity index (χ0v) is 12.4. The van der Waals surface area contributed by atoms with E-state index in [-0.39, 0.29) is 23.7 Å². The number of benzene rings is 1. The molecule has 1 heterocycles. The molecule has 0 bridgehead atoms. The number of amides is 1. The van der Waals surface area contributed by atoms with Crippen LogP contribution in [0.5, 0.6) is 0 Å². The predicted octanol–water partition coefficient (Wildman–Crippen LogP) is 0.617. The van der Waals surface area contributed by atoms with Gasteiger partial charge in [-0.25, -0.2) is 5.10 Å². The van der Waals surface area contributed by atoms with Crippen molar-refractivity contribution in [1.82, 2.24) is 15.5 Å². The second-order valence-electron chi connectivity index (χ2n) is 4.70. The van der Waals surface area contributed by atoms with E-state index >= 15 is 0 Å². The average Bonchev–Trinajstić information content (AvgIpc) is 2.52. The van der Waals surface area contributed by atoms with Gasteiger partial charge in [0.1, 0.15) is 5.69 Å². The lowest BCUT2D eigenvalue weighted by Crippen LogP contribution is -2.26. The van der Waals surface area contributed by atoms with Crippen molar-refractivity contribution < 1.29 is 4.79 Å². The zero-order valence-electron chi connectivity index (χ0n) is 12.4. The van der Waals surface area contributed by atoms with Crippen molar-refractivity contribution in [2.75, 3.05) is 25.5 Å². The summed E-state index contributed by atoms with van der Waals surface area (Å²) in [7, 11) is 3.90. The van der Waals surface area contributed by atoms with Crippen LogP contribution in [0.4, 0.5) is 5.69 Å². The second-order valence-corrected chi connectivity index (χ2v) is 4.70. The Hall–Kier alpha value is -3.07. The molecule has 0 saturated carbocycles. The lowest BCUT2D eigenvalue weighted by molar-refractivity contribution is 0.0952. The standard InChI is InChI=1S/C16H16N4O2/c1-20(2)14-8-4-3-6-12(14)7-5-11-17-16(22)13-9-10-15(21)19-18-13/h3-4,6,8-10H,11H2,1-2H3,(H,17,22)(H,19,21). The molecule has 0 aliphatic carbocycles. The van der Waals surface area contributed by atoms with E-state index in [1.165, 1.54) is 12.1 Å². The van der Waals surface area contributed by atoms with Crippen LogP contribution >= 0.6 is 0 Å². The first kappa shape index (κ1) is 15.3. The molecule has 2 rings (SSSR count). The molecular formula is C16H16N4O2. The molecule has 6 nitrogen and oxygen atoms in total. The minimum absolute atomic E-state index is 0.148. The number of carbonyl (C=O) groups excluding carboxylic acids is 1. The van der Waals surface area contributed by atoms with E-state index in [0.29, 0.717) is 0 Å². The largest absolute Gasteiger partial charge is 0.377 e. The van der Waals surface area contributed by atoms with Gasteiger partial charge in [0, 0.05) is 25.7 Å². The number of para-hydroxylation sites is 1. The van der Waals surface area contributed by atoms with Crippen LogP contribution in [0.2, 0.25) is 0 Å². The van der Waals surface area contributed by atoms with E-state index in [1.54, 1.807) is 0 Å². The maximum atomic E-state index is 11.8. The fraction of sp³-hybridized carbons (Fsp3) is 0.188. The average molecular weight is 296 g/mol. The van der Waals surface area contributed by atoms with Gasteiger partial charge in [0.2, 0.25) is 0 Å². The molecule has 1 aromatic carbocycles. The molecule has 2 N–H and O–H groups in total. The van der Waals surface area contributed by atoms with Crippen LogP contribution in [0.15, 0.2) is 41.2 Å². The van der Waals surface area contributed by atoms with Crippen molar-refractivity contribution in [2.45, 2.75) is 0 Å². The van der Waals surface area contributed by atoms with Gasteiger partial charge in [-0.05, 0) is 18.2 Å². The van der Waals surface area contributed by atoms with Crippen LogP contribution in [0.3, 0.4) is 0 Å². The summed E-state index contributed by atoms with van der Waals surface area (Å²) < 4.78 is 0. The third-order valence-electron chi connectivity index (χ3n) is 2.86. The summed E-state index contributed by atoms with van der Waals surface area (Å²) in [6.45, 7) is 0.196. The van der Waals surface area contributed by atoms with E-state index < -0.39 is 0 Å². The number of hydrogen-bond donors (Lipinski definition) is 2. The third-order valence-corrected chi connectivity index (χ3v) is 2.86. The van der Waals surface area contributed by atoms with Gasteiger partial charge in [-0.3, -0.25) is 9.59 Å². The summed E-state index contributed by atoms with van der Waals surface area (Å²) in [5.74, 6) is 5.54. The van der Waals surface area contributed by atoms with Gasteiger partial charge in [0.15, 0.2) is 0 Å². The first-order chi connectivity index (χ1) is 10.6. The Balaban J connectivity index is 1.99. The second kappa shape index (κ2) is 7.09. The van der Waals surface area contributed by atoms with E-state index in [2.05, 4.69) is 27.4 Å². The molecular weight excluding hydrogens is 280 g/mol. The van der Waals surface area contributed by atoms with Gasteiger partial charge < -0.3 is 10.2 Å². The van der Waals surface area contributed by atoms with Crippen LogP contribution in [-0.2, 0) is 0 Å². The summed E-state index contributed by atoms with van der Waals surface area (Å²) in [6, 6.07) is 10.4. The maximum Gasteiger partial charge on any atom is 0.272 e. The van der Waals surface area contributed by atoms with E-state index in [0.717, 1.165) is 11.3 Å². The van der Waals surface area contributed by atoms with E-state index in [9.17, 15) is 9.59 Å². The Morgan fingerprint density at radius 2 is 2.05 bits per heavy atom. The van der Waals surface area contributed by atoms with E-state index in [1.807, 2.05) is 43.3 Å². The van der Waals surface area contributed by atoms with Crippen molar-refractivity contribution in [2.24, 2.45) is 0 Å². The molecule has 0 unspecified atom stereocenters. The van der Waals surface area contributed by atoms with Crippen LogP contribution in [-0.4, -0.2) is 36.7 Å². The number of hydrogen-bond acceptors (Lipinski definition) is 4. The smallest absolute Gasteiger partial charge is 0.272 e. The molecule has 1 amide bonds. The summed E-state index contributed by atoms with van der Waals surface area (Å²) in [6.07, 6.45) is 0. The summed E-state index contributed by atoms with van der Waals surface area (Å²) in [5, 5.41) is 8.48. The van der Waals surface area contributed by atoms with Crippen LogP contribution < -0.4 is 15.8 Å². The SMILES string of the molecule is CN(C)c1ccccc1C#CCNC(=O)c1ccc(=O)[nH]n1. The maximum absolute atomic E-state index is 11.8. The van der Waals surface area contributed by atoms with E-state index in [4.69, 9.17) is 0 Å². The molecule has 0 aliphatic rings. The van der Waals surface area contributed by atoms with Crippen LogP contribution in [0.1, 0.15) is 16.1 Å². The van der Waals surface area contributed by atoms with Gasteiger partial charge in [0.05, 0.1) is 12.2 Å². The lowest BCUT2D eigenvalue weighted by atomic mass is 10.1. The Kier molecular flexibility index (Phi) is 4.94. The first-order valence-electron chi connectivity index (χ1n) is 6.67. The van der Waals surface area contributed by atoms with Crippen molar-refractivity contribution in [1.29, 1.82) is 0 Å².